The summed E-state index contributed by atoms with van der Waals surface area (Å²) in [5.74, 6) is -1.26. The largest absolute Gasteiger partial charge is 0.472 e. The maximum Gasteiger partial charge on any atom is 0.472 e. The van der Waals surface area contributed by atoms with Crippen molar-refractivity contribution in [1.29, 1.82) is 0 Å². The molecule has 99 heavy (non-hydrogen) atoms. The zero-order chi connectivity index (χ0) is 72.7. The van der Waals surface area contributed by atoms with Crippen molar-refractivity contribution in [3.63, 3.8) is 0 Å². The molecular weight excluding hydrogens is 1290 g/mol. The second-order valence-corrected chi connectivity index (χ2v) is 32.0. The average Bonchev–Trinajstić information content (AvgIpc) is 1.32. The number of esters is 4. The van der Waals surface area contributed by atoms with E-state index in [2.05, 4.69) is 34.6 Å². The van der Waals surface area contributed by atoms with Gasteiger partial charge in [-0.25, -0.2) is 9.13 Å². The molecule has 0 aliphatic rings. The summed E-state index contributed by atoms with van der Waals surface area (Å²) in [5.41, 5.74) is 0. The predicted octanol–water partition coefficient (Wildman–Crippen LogP) is 24.0. The number of carbonyl (C=O) groups excluding carboxylic acids is 4. The van der Waals surface area contributed by atoms with E-state index in [4.69, 9.17) is 37.0 Å². The molecule has 17 nitrogen and oxygen atoms in total. The first-order chi connectivity index (χ1) is 48.1. The molecule has 3 unspecified atom stereocenters. The first-order valence-electron chi connectivity index (χ1n) is 41.7. The van der Waals surface area contributed by atoms with E-state index in [1.165, 1.54) is 250 Å². The van der Waals surface area contributed by atoms with Crippen LogP contribution in [0.3, 0.4) is 0 Å². The summed E-state index contributed by atoms with van der Waals surface area (Å²) in [5, 5.41) is 10.6. The van der Waals surface area contributed by atoms with E-state index in [-0.39, 0.29) is 25.7 Å². The fourth-order valence-electron chi connectivity index (χ4n) is 12.4. The number of hydrogen-bond donors (Lipinski definition) is 3. The summed E-state index contributed by atoms with van der Waals surface area (Å²) in [6.07, 6.45) is 63.7. The lowest BCUT2D eigenvalue weighted by Gasteiger charge is -2.21. The van der Waals surface area contributed by atoms with Gasteiger partial charge in [0.05, 0.1) is 26.4 Å². The molecule has 0 rings (SSSR count). The molecule has 3 N–H and O–H groups in total. The Morgan fingerprint density at radius 1 is 0.283 bits per heavy atom. The Labute approximate surface area is 607 Å². The van der Waals surface area contributed by atoms with Crippen molar-refractivity contribution in [3.8, 4) is 0 Å². The van der Waals surface area contributed by atoms with E-state index >= 15 is 0 Å². The number of ether oxygens (including phenoxy) is 4. The van der Waals surface area contributed by atoms with Gasteiger partial charge in [-0.1, -0.05) is 375 Å². The Morgan fingerprint density at radius 3 is 0.717 bits per heavy atom. The summed E-state index contributed by atoms with van der Waals surface area (Å²) < 4.78 is 68.6. The van der Waals surface area contributed by atoms with Gasteiger partial charge in [0.15, 0.2) is 12.2 Å². The van der Waals surface area contributed by atoms with Crippen LogP contribution in [0.5, 0.6) is 0 Å². The van der Waals surface area contributed by atoms with Gasteiger partial charge in [0.2, 0.25) is 0 Å². The minimum atomic E-state index is -4.96. The van der Waals surface area contributed by atoms with Gasteiger partial charge in [-0.15, -0.1) is 0 Å². The molecule has 0 saturated heterocycles. The van der Waals surface area contributed by atoms with Crippen LogP contribution in [-0.2, 0) is 65.4 Å². The lowest BCUT2D eigenvalue weighted by atomic mass is 9.99. The highest BCUT2D eigenvalue weighted by Crippen LogP contribution is 2.45. The summed E-state index contributed by atoms with van der Waals surface area (Å²) >= 11 is 0. The first-order valence-corrected chi connectivity index (χ1v) is 44.7. The van der Waals surface area contributed by atoms with Crippen molar-refractivity contribution in [2.45, 2.75) is 445 Å². The standard InChI is InChI=1S/C80H156O17P2/c1-6-10-13-16-19-22-24-26-28-30-32-36-40-44-49-54-59-64-78(83)91-70-76(97-80(85)66-61-56-51-46-42-38-34-33-35-39-43-47-52-57-62-73(5)9-4)72-95-99(88,89)93-68-74(81)67-92-98(86,87)94-71-75(69-90-77(82)63-58-53-48-21-18-15-12-8-3)96-79(84)65-60-55-50-45-41-37-31-29-27-25-23-20-17-14-11-7-2/h73-76,81H,6-72H2,1-5H3,(H,86,87)(H,88,89)/t73?,74-,75+,76+/m0/s1. The Balaban J connectivity index is 5.21. The molecule has 0 spiro atoms. The Bertz CT molecular complexity index is 1890. The Kier molecular flexibility index (Phi) is 71.6. The van der Waals surface area contributed by atoms with Crippen molar-refractivity contribution in [1.82, 2.24) is 0 Å². The van der Waals surface area contributed by atoms with Crippen molar-refractivity contribution in [3.05, 3.63) is 0 Å². The van der Waals surface area contributed by atoms with E-state index in [0.717, 1.165) is 95.8 Å². The van der Waals surface area contributed by atoms with Crippen LogP contribution in [0.4, 0.5) is 0 Å². The summed E-state index contributed by atoms with van der Waals surface area (Å²) in [6, 6.07) is 0. The maximum absolute atomic E-state index is 13.1. The van der Waals surface area contributed by atoms with Crippen LogP contribution in [-0.4, -0.2) is 96.7 Å². The van der Waals surface area contributed by atoms with Crippen molar-refractivity contribution in [2.75, 3.05) is 39.6 Å². The maximum atomic E-state index is 13.1. The van der Waals surface area contributed by atoms with Crippen LogP contribution >= 0.6 is 15.6 Å². The number of unbranched alkanes of at least 4 members (excludes halogenated alkanes) is 51. The third kappa shape index (κ3) is 72.8. The predicted molar refractivity (Wildman–Crippen MR) is 405 cm³/mol. The normalized spacial score (nSPS) is 14.1. The molecule has 0 aliphatic carbocycles. The Morgan fingerprint density at radius 2 is 0.485 bits per heavy atom. The van der Waals surface area contributed by atoms with Crippen LogP contribution in [0.25, 0.3) is 0 Å². The van der Waals surface area contributed by atoms with Crippen LogP contribution in [0, 0.1) is 5.92 Å². The number of phosphoric acid groups is 2. The van der Waals surface area contributed by atoms with E-state index < -0.39 is 97.5 Å². The first kappa shape index (κ1) is 97.1. The quantitative estimate of drug-likeness (QED) is 0.0222. The zero-order valence-corrected chi connectivity index (χ0v) is 66.4. The highest BCUT2D eigenvalue weighted by atomic mass is 31.2. The van der Waals surface area contributed by atoms with Crippen LogP contribution in [0.1, 0.15) is 426 Å². The molecule has 19 heteroatoms. The number of rotatable bonds is 80. The van der Waals surface area contributed by atoms with Gasteiger partial charge in [0.1, 0.15) is 19.3 Å². The van der Waals surface area contributed by atoms with E-state index in [1.807, 2.05) is 0 Å². The molecule has 0 bridgehead atoms. The number of carbonyl (C=O) groups is 4. The van der Waals surface area contributed by atoms with Gasteiger partial charge in [-0.3, -0.25) is 37.3 Å². The SMILES string of the molecule is CCCCCCCCCCCCCCCCCCCC(=O)OC[C@H](COP(=O)(O)OC[C@@H](O)COP(=O)(O)OC[C@@H](COC(=O)CCCCCCCCCC)OC(=O)CCCCCCCCCCCCCCCCCC)OC(=O)CCCCCCCCCCCCCCCCC(C)CC. The second kappa shape index (κ2) is 73.0. The lowest BCUT2D eigenvalue weighted by molar-refractivity contribution is -0.161. The highest BCUT2D eigenvalue weighted by molar-refractivity contribution is 7.47. The topological polar surface area (TPSA) is 237 Å². The molecule has 0 amide bonds. The fraction of sp³-hybridized carbons (Fsp3) is 0.950. The average molecular weight is 1450 g/mol. The minimum Gasteiger partial charge on any atom is -0.462 e. The van der Waals surface area contributed by atoms with E-state index in [9.17, 15) is 43.2 Å². The molecular formula is C80H156O17P2. The number of aliphatic hydroxyl groups excluding tert-OH is 1. The minimum absolute atomic E-state index is 0.108. The van der Waals surface area contributed by atoms with Crippen LogP contribution in [0.15, 0.2) is 0 Å². The summed E-state index contributed by atoms with van der Waals surface area (Å²) in [4.78, 5) is 72.9. The van der Waals surface area contributed by atoms with Gasteiger partial charge < -0.3 is 33.8 Å². The van der Waals surface area contributed by atoms with Crippen molar-refractivity contribution < 1.29 is 80.2 Å². The monoisotopic (exact) mass is 1450 g/mol. The fourth-order valence-corrected chi connectivity index (χ4v) is 14.0. The van der Waals surface area contributed by atoms with Gasteiger partial charge in [-0.05, 0) is 31.6 Å². The number of aliphatic hydroxyl groups is 1. The third-order valence-corrected chi connectivity index (χ3v) is 21.0. The second-order valence-electron chi connectivity index (χ2n) is 29.1. The lowest BCUT2D eigenvalue weighted by Crippen LogP contribution is -2.30. The third-order valence-electron chi connectivity index (χ3n) is 19.1. The molecule has 0 aromatic rings. The van der Waals surface area contributed by atoms with Gasteiger partial charge in [-0.2, -0.15) is 0 Å². The van der Waals surface area contributed by atoms with E-state index in [0.29, 0.717) is 25.7 Å². The van der Waals surface area contributed by atoms with E-state index in [1.54, 1.807) is 0 Å². The zero-order valence-electron chi connectivity index (χ0n) is 64.6. The van der Waals surface area contributed by atoms with Gasteiger partial charge in [0.25, 0.3) is 0 Å². The molecule has 0 radical (unpaired) electrons. The summed E-state index contributed by atoms with van der Waals surface area (Å²) in [6.45, 7) is 7.36. The van der Waals surface area contributed by atoms with Crippen molar-refractivity contribution >= 4 is 39.5 Å². The number of hydrogen-bond acceptors (Lipinski definition) is 15. The van der Waals surface area contributed by atoms with Gasteiger partial charge >= 0.3 is 39.5 Å². The smallest absolute Gasteiger partial charge is 0.462 e. The molecule has 6 atom stereocenters. The molecule has 0 aromatic carbocycles. The highest BCUT2D eigenvalue weighted by Gasteiger charge is 2.30. The van der Waals surface area contributed by atoms with Crippen LogP contribution < -0.4 is 0 Å². The summed E-state index contributed by atoms with van der Waals surface area (Å²) in [7, 11) is -9.91. The molecule has 0 fully saturated rings. The molecule has 0 heterocycles. The molecule has 588 valence electrons. The van der Waals surface area contributed by atoms with Gasteiger partial charge in [0, 0.05) is 25.7 Å². The molecule has 0 aromatic heterocycles. The molecule has 0 aliphatic heterocycles. The van der Waals surface area contributed by atoms with Crippen molar-refractivity contribution in [2.24, 2.45) is 5.92 Å². The van der Waals surface area contributed by atoms with Crippen LogP contribution in [0.2, 0.25) is 0 Å². The Hall–Kier alpha value is -1.94. The molecule has 0 saturated carbocycles. The number of phosphoric ester groups is 2.